The summed E-state index contributed by atoms with van der Waals surface area (Å²) in [5.41, 5.74) is 1.63. The highest BCUT2D eigenvalue weighted by Crippen LogP contribution is 2.29. The Kier molecular flexibility index (Phi) is 5.47. The quantitative estimate of drug-likeness (QED) is 0.686. The summed E-state index contributed by atoms with van der Waals surface area (Å²) in [6, 6.07) is 3.72. The molecule has 0 bridgehead atoms. The first kappa shape index (κ1) is 14.3. The van der Waals surface area contributed by atoms with Crippen molar-refractivity contribution in [3.63, 3.8) is 0 Å². The first-order chi connectivity index (χ1) is 8.54. The molecule has 4 heteroatoms. The average molecular weight is 309 g/mol. The Hall–Kier alpha value is -1.73. The van der Waals surface area contributed by atoms with Crippen LogP contribution < -0.4 is 4.74 Å². The second-order valence-corrected chi connectivity index (χ2v) is 4.44. The molecule has 0 saturated heterocycles. The molecule has 94 valence electrons. The smallest absolute Gasteiger partial charge is 0.328 e. The van der Waals surface area contributed by atoms with Crippen LogP contribution in [0.2, 0.25) is 0 Å². The molecular formula is C14H13BrO3. The van der Waals surface area contributed by atoms with Gasteiger partial charge in [-0.15, -0.1) is 5.92 Å². The van der Waals surface area contributed by atoms with Gasteiger partial charge in [0.1, 0.15) is 12.4 Å². The van der Waals surface area contributed by atoms with Crippen molar-refractivity contribution in [2.24, 2.45) is 0 Å². The summed E-state index contributed by atoms with van der Waals surface area (Å²) in [5.74, 6) is 5.21. The number of hydrogen-bond donors (Lipinski definition) is 1. The fraction of sp³-hybridized carbons (Fsp3) is 0.214. The van der Waals surface area contributed by atoms with Gasteiger partial charge in [0.05, 0.1) is 0 Å². The van der Waals surface area contributed by atoms with Crippen LogP contribution in [0.25, 0.3) is 6.08 Å². The lowest BCUT2D eigenvalue weighted by molar-refractivity contribution is -0.131. The molecule has 0 amide bonds. The van der Waals surface area contributed by atoms with Gasteiger partial charge in [-0.1, -0.05) is 21.9 Å². The predicted octanol–water partition coefficient (Wildman–Crippen LogP) is 3.26. The van der Waals surface area contributed by atoms with Crippen LogP contribution in [0.15, 0.2) is 22.7 Å². The summed E-state index contributed by atoms with van der Waals surface area (Å²) in [6.07, 6.45) is 2.59. The molecule has 1 aromatic rings. The van der Waals surface area contributed by atoms with Gasteiger partial charge >= 0.3 is 5.97 Å². The third-order valence-electron chi connectivity index (χ3n) is 2.14. The molecule has 0 spiro atoms. The summed E-state index contributed by atoms with van der Waals surface area (Å²) in [5, 5.41) is 8.66. The Morgan fingerprint density at radius 1 is 1.56 bits per heavy atom. The molecule has 0 aliphatic carbocycles. The highest BCUT2D eigenvalue weighted by Gasteiger charge is 2.07. The van der Waals surface area contributed by atoms with E-state index in [9.17, 15) is 4.79 Å². The minimum absolute atomic E-state index is 0.285. The molecule has 0 atom stereocenters. The molecule has 0 aromatic heterocycles. The molecule has 0 unspecified atom stereocenters. The molecule has 3 nitrogen and oxygen atoms in total. The van der Waals surface area contributed by atoms with Gasteiger partial charge < -0.3 is 9.84 Å². The van der Waals surface area contributed by atoms with Gasteiger partial charge in [0.25, 0.3) is 0 Å². The second-order valence-electron chi connectivity index (χ2n) is 3.53. The Balaban J connectivity index is 3.10. The fourth-order valence-electron chi connectivity index (χ4n) is 1.42. The van der Waals surface area contributed by atoms with E-state index in [0.29, 0.717) is 11.3 Å². The zero-order valence-corrected chi connectivity index (χ0v) is 11.7. The van der Waals surface area contributed by atoms with Crippen LogP contribution in [-0.4, -0.2) is 17.7 Å². The van der Waals surface area contributed by atoms with Crippen LogP contribution in [-0.2, 0) is 4.79 Å². The lowest BCUT2D eigenvalue weighted by Gasteiger charge is -2.10. The average Bonchev–Trinajstić information content (AvgIpc) is 2.29. The van der Waals surface area contributed by atoms with Crippen LogP contribution >= 0.6 is 15.9 Å². The van der Waals surface area contributed by atoms with Gasteiger partial charge in [0.15, 0.2) is 0 Å². The molecule has 1 rings (SSSR count). The molecule has 0 heterocycles. The number of aliphatic carboxylic acids is 1. The Labute approximate surface area is 115 Å². The highest BCUT2D eigenvalue weighted by molar-refractivity contribution is 9.10. The first-order valence-corrected chi connectivity index (χ1v) is 6.07. The van der Waals surface area contributed by atoms with Gasteiger partial charge in [-0.3, -0.25) is 0 Å². The summed E-state index contributed by atoms with van der Waals surface area (Å²) < 4.78 is 6.43. The largest absolute Gasteiger partial charge is 0.480 e. The number of rotatable bonds is 4. The number of aryl methyl sites for hydroxylation is 1. The number of carboxylic acids is 1. The van der Waals surface area contributed by atoms with E-state index in [1.54, 1.807) is 13.0 Å². The maximum atomic E-state index is 10.6. The topological polar surface area (TPSA) is 46.5 Å². The van der Waals surface area contributed by atoms with Crippen LogP contribution in [0.4, 0.5) is 0 Å². The van der Waals surface area contributed by atoms with E-state index in [0.717, 1.165) is 16.1 Å². The summed E-state index contributed by atoms with van der Waals surface area (Å²) >= 11 is 3.37. The molecule has 0 aliphatic heterocycles. The van der Waals surface area contributed by atoms with Crippen LogP contribution in [0.3, 0.4) is 0 Å². The molecule has 0 aliphatic rings. The normalized spacial score (nSPS) is 9.94. The van der Waals surface area contributed by atoms with E-state index in [-0.39, 0.29) is 6.61 Å². The first-order valence-electron chi connectivity index (χ1n) is 5.28. The second kappa shape index (κ2) is 6.87. The van der Waals surface area contributed by atoms with Gasteiger partial charge in [-0.2, -0.15) is 0 Å². The van der Waals surface area contributed by atoms with Crippen LogP contribution in [0.5, 0.6) is 5.75 Å². The number of ether oxygens (including phenoxy) is 1. The van der Waals surface area contributed by atoms with Crippen molar-refractivity contribution in [2.75, 3.05) is 6.61 Å². The van der Waals surface area contributed by atoms with Crippen molar-refractivity contribution < 1.29 is 14.6 Å². The summed E-state index contributed by atoms with van der Waals surface area (Å²) in [6.45, 7) is 3.92. The van der Waals surface area contributed by atoms with Crippen molar-refractivity contribution >= 4 is 28.0 Å². The summed E-state index contributed by atoms with van der Waals surface area (Å²) in [4.78, 5) is 10.6. The van der Waals surface area contributed by atoms with E-state index >= 15 is 0 Å². The molecular weight excluding hydrogens is 296 g/mol. The monoisotopic (exact) mass is 308 g/mol. The number of hydrogen-bond acceptors (Lipinski definition) is 2. The Bertz CT molecular complexity index is 536. The zero-order chi connectivity index (χ0) is 13.5. The number of halogens is 1. The van der Waals surface area contributed by atoms with Crippen molar-refractivity contribution in [2.45, 2.75) is 13.8 Å². The standard InChI is InChI=1S/C14H13BrO3/c1-3-4-7-18-14-10(2)8-12(15)9-11(14)5-6-13(16)17/h5-6,8-9H,7H2,1-2H3,(H,16,17)/b6-5+. The molecule has 0 radical (unpaired) electrons. The van der Waals surface area contributed by atoms with Crippen LogP contribution in [0, 0.1) is 18.8 Å². The van der Waals surface area contributed by atoms with Crippen LogP contribution in [0.1, 0.15) is 18.1 Å². The van der Waals surface area contributed by atoms with E-state index in [1.165, 1.54) is 6.08 Å². The fourth-order valence-corrected chi connectivity index (χ4v) is 2.01. The zero-order valence-electron chi connectivity index (χ0n) is 10.2. The van der Waals surface area contributed by atoms with Gasteiger partial charge in [0, 0.05) is 16.1 Å². The Morgan fingerprint density at radius 2 is 2.28 bits per heavy atom. The van der Waals surface area contributed by atoms with E-state index < -0.39 is 5.97 Å². The Morgan fingerprint density at radius 3 is 2.89 bits per heavy atom. The number of carboxylic acid groups (broad SMARTS) is 1. The van der Waals surface area contributed by atoms with Crippen molar-refractivity contribution in [1.82, 2.24) is 0 Å². The van der Waals surface area contributed by atoms with Gasteiger partial charge in [-0.05, 0) is 37.6 Å². The minimum atomic E-state index is -0.994. The maximum absolute atomic E-state index is 10.6. The third kappa shape index (κ3) is 4.27. The predicted molar refractivity (Wildman–Crippen MR) is 74.5 cm³/mol. The van der Waals surface area contributed by atoms with E-state index in [4.69, 9.17) is 9.84 Å². The van der Waals surface area contributed by atoms with E-state index in [2.05, 4.69) is 27.8 Å². The lowest BCUT2D eigenvalue weighted by atomic mass is 10.1. The number of carbonyl (C=O) groups is 1. The lowest BCUT2D eigenvalue weighted by Crippen LogP contribution is -1.99. The SMILES string of the molecule is CC#CCOc1c(C)cc(Br)cc1/C=C/C(=O)O. The molecule has 0 fully saturated rings. The summed E-state index contributed by atoms with van der Waals surface area (Å²) in [7, 11) is 0. The molecule has 1 aromatic carbocycles. The number of benzene rings is 1. The van der Waals surface area contributed by atoms with Crippen molar-refractivity contribution in [3.05, 3.63) is 33.8 Å². The molecule has 18 heavy (non-hydrogen) atoms. The maximum Gasteiger partial charge on any atom is 0.328 e. The van der Waals surface area contributed by atoms with E-state index in [1.807, 2.05) is 13.0 Å². The van der Waals surface area contributed by atoms with Crippen molar-refractivity contribution in [3.8, 4) is 17.6 Å². The minimum Gasteiger partial charge on any atom is -0.480 e. The molecule has 1 N–H and O–H groups in total. The third-order valence-corrected chi connectivity index (χ3v) is 2.60. The van der Waals surface area contributed by atoms with Gasteiger partial charge in [-0.25, -0.2) is 4.79 Å². The van der Waals surface area contributed by atoms with Gasteiger partial charge in [0.2, 0.25) is 0 Å². The molecule has 0 saturated carbocycles. The highest BCUT2D eigenvalue weighted by atomic mass is 79.9. The van der Waals surface area contributed by atoms with Crippen molar-refractivity contribution in [1.29, 1.82) is 0 Å².